The number of carbonyl (C=O) groups excluding carboxylic acids is 1. The second-order valence-electron chi connectivity index (χ2n) is 3.57. The summed E-state index contributed by atoms with van der Waals surface area (Å²) in [7, 11) is -4.55. The summed E-state index contributed by atoms with van der Waals surface area (Å²) in [6.45, 7) is 4.99. The predicted molar refractivity (Wildman–Crippen MR) is 65.0 cm³/mol. The summed E-state index contributed by atoms with van der Waals surface area (Å²) < 4.78 is 48.2. The van der Waals surface area contributed by atoms with E-state index in [9.17, 15) is 13.2 Å². The van der Waals surface area contributed by atoms with Crippen LogP contribution in [-0.4, -0.2) is 58.1 Å². The van der Waals surface area contributed by atoms with Crippen molar-refractivity contribution in [1.29, 1.82) is 0 Å². The largest absolute Gasteiger partial charge is 0.463 e. The highest BCUT2D eigenvalue weighted by Crippen LogP contribution is 2.03. The molecule has 114 valence electrons. The predicted octanol–water partition coefficient (Wildman–Crippen LogP) is 0.181. The Labute approximate surface area is 112 Å². The quantitative estimate of drug-likeness (QED) is 0.327. The number of hydrogen-bond acceptors (Lipinski definition) is 7. The Kier molecular flexibility index (Phi) is 9.70. The second kappa shape index (κ2) is 10.1. The van der Waals surface area contributed by atoms with E-state index in [1.165, 1.54) is 6.92 Å². The molecule has 0 aliphatic rings. The summed E-state index contributed by atoms with van der Waals surface area (Å²) in [5.74, 6) is -0.635. The molecule has 0 rings (SSSR count). The van der Waals surface area contributed by atoms with Crippen LogP contribution in [0, 0.1) is 0 Å². The summed E-state index contributed by atoms with van der Waals surface area (Å²) in [4.78, 5) is 11.2. The van der Waals surface area contributed by atoms with Crippen LogP contribution in [0.15, 0.2) is 0 Å². The van der Waals surface area contributed by atoms with Crippen molar-refractivity contribution >= 4 is 16.4 Å². The molecule has 0 radical (unpaired) electrons. The maximum atomic E-state index is 11.2. The van der Waals surface area contributed by atoms with Crippen LogP contribution in [0.2, 0.25) is 0 Å². The lowest BCUT2D eigenvalue weighted by atomic mass is 10.3. The number of esters is 1. The Morgan fingerprint density at radius 3 is 2.32 bits per heavy atom. The van der Waals surface area contributed by atoms with E-state index in [4.69, 9.17) is 18.8 Å². The van der Waals surface area contributed by atoms with Gasteiger partial charge in [0, 0.05) is 6.61 Å². The van der Waals surface area contributed by atoms with E-state index < -0.39 is 22.5 Å². The van der Waals surface area contributed by atoms with Crippen molar-refractivity contribution in [3.63, 3.8) is 0 Å². The van der Waals surface area contributed by atoms with Gasteiger partial charge in [-0.1, -0.05) is 0 Å². The number of hydrogen-bond donors (Lipinski definition) is 1. The molecule has 0 aromatic rings. The van der Waals surface area contributed by atoms with Crippen molar-refractivity contribution < 1.29 is 36.2 Å². The molecule has 0 aliphatic carbocycles. The first kappa shape index (κ1) is 18.3. The van der Waals surface area contributed by atoms with Crippen LogP contribution in [0.3, 0.4) is 0 Å². The Morgan fingerprint density at radius 1 is 1.16 bits per heavy atom. The standard InChI is InChI=1S/C10H20O8S/c1-3-15-4-5-16-6-7-17-10(11)8-9(2)18-19(12,13)14/h9H,3-8H2,1-2H3,(H,12,13,14). The van der Waals surface area contributed by atoms with Gasteiger partial charge in [-0.3, -0.25) is 9.35 Å². The molecular weight excluding hydrogens is 280 g/mol. The lowest BCUT2D eigenvalue weighted by Crippen LogP contribution is -2.21. The van der Waals surface area contributed by atoms with Gasteiger partial charge in [0.1, 0.15) is 6.61 Å². The van der Waals surface area contributed by atoms with Gasteiger partial charge in [-0.05, 0) is 13.8 Å². The van der Waals surface area contributed by atoms with Gasteiger partial charge < -0.3 is 14.2 Å². The molecule has 0 bridgehead atoms. The highest BCUT2D eigenvalue weighted by Gasteiger charge is 2.16. The zero-order valence-electron chi connectivity index (χ0n) is 11.0. The van der Waals surface area contributed by atoms with Gasteiger partial charge in [0.2, 0.25) is 0 Å². The number of ether oxygens (including phenoxy) is 3. The van der Waals surface area contributed by atoms with Gasteiger partial charge in [0.15, 0.2) is 0 Å². The monoisotopic (exact) mass is 300 g/mol. The first-order valence-electron chi connectivity index (χ1n) is 5.82. The normalized spacial score (nSPS) is 13.2. The van der Waals surface area contributed by atoms with Crippen LogP contribution in [0.4, 0.5) is 0 Å². The van der Waals surface area contributed by atoms with Gasteiger partial charge in [-0.15, -0.1) is 0 Å². The minimum atomic E-state index is -4.55. The summed E-state index contributed by atoms with van der Waals surface area (Å²) in [6.07, 6.45) is -1.26. The fourth-order valence-corrected chi connectivity index (χ4v) is 1.60. The zero-order chi connectivity index (χ0) is 14.7. The van der Waals surface area contributed by atoms with Crippen molar-refractivity contribution in [1.82, 2.24) is 0 Å². The van der Waals surface area contributed by atoms with Crippen molar-refractivity contribution in [2.24, 2.45) is 0 Å². The molecule has 8 nitrogen and oxygen atoms in total. The molecule has 9 heteroatoms. The maximum Gasteiger partial charge on any atom is 0.397 e. The summed E-state index contributed by atoms with van der Waals surface area (Å²) >= 11 is 0. The third kappa shape index (κ3) is 13.5. The van der Waals surface area contributed by atoms with Crippen LogP contribution in [0.1, 0.15) is 20.3 Å². The summed E-state index contributed by atoms with van der Waals surface area (Å²) in [5, 5.41) is 0. The molecule has 0 heterocycles. The topological polar surface area (TPSA) is 108 Å². The van der Waals surface area contributed by atoms with Crippen molar-refractivity contribution in [3.05, 3.63) is 0 Å². The third-order valence-electron chi connectivity index (χ3n) is 1.81. The molecular formula is C10H20O8S. The molecule has 0 aromatic heterocycles. The molecule has 0 amide bonds. The van der Waals surface area contributed by atoms with Gasteiger partial charge in [-0.2, -0.15) is 8.42 Å². The van der Waals surface area contributed by atoms with Gasteiger partial charge in [0.25, 0.3) is 0 Å². The molecule has 1 atom stereocenters. The average Bonchev–Trinajstić information content (AvgIpc) is 2.25. The van der Waals surface area contributed by atoms with Gasteiger partial charge in [0.05, 0.1) is 32.3 Å². The Morgan fingerprint density at radius 2 is 1.74 bits per heavy atom. The molecule has 1 unspecified atom stereocenters. The van der Waals surface area contributed by atoms with E-state index >= 15 is 0 Å². The molecule has 0 aromatic carbocycles. The lowest BCUT2D eigenvalue weighted by molar-refractivity contribution is -0.146. The van der Waals surface area contributed by atoms with Gasteiger partial charge >= 0.3 is 16.4 Å². The van der Waals surface area contributed by atoms with Crippen molar-refractivity contribution in [2.75, 3.05) is 33.0 Å². The fraction of sp³-hybridized carbons (Fsp3) is 0.900. The second-order valence-corrected chi connectivity index (χ2v) is 4.62. The Hall–Kier alpha value is -0.740. The molecule has 0 spiro atoms. The van der Waals surface area contributed by atoms with Crippen LogP contribution in [-0.2, 0) is 33.6 Å². The van der Waals surface area contributed by atoms with E-state index in [0.717, 1.165) is 0 Å². The van der Waals surface area contributed by atoms with E-state index in [-0.39, 0.29) is 19.6 Å². The van der Waals surface area contributed by atoms with E-state index in [2.05, 4.69) is 4.18 Å². The van der Waals surface area contributed by atoms with E-state index in [0.29, 0.717) is 19.8 Å². The summed E-state index contributed by atoms with van der Waals surface area (Å²) in [6, 6.07) is 0. The van der Waals surface area contributed by atoms with Crippen LogP contribution < -0.4 is 0 Å². The minimum absolute atomic E-state index is 0.0591. The van der Waals surface area contributed by atoms with Crippen LogP contribution >= 0.6 is 0 Å². The molecule has 0 aliphatic heterocycles. The maximum absolute atomic E-state index is 11.2. The van der Waals surface area contributed by atoms with Gasteiger partial charge in [-0.25, -0.2) is 4.18 Å². The molecule has 0 fully saturated rings. The molecule has 0 saturated carbocycles. The minimum Gasteiger partial charge on any atom is -0.463 e. The summed E-state index contributed by atoms with van der Waals surface area (Å²) in [5.41, 5.74) is 0. The highest BCUT2D eigenvalue weighted by molar-refractivity contribution is 7.80. The third-order valence-corrected chi connectivity index (χ3v) is 2.38. The molecule has 19 heavy (non-hydrogen) atoms. The smallest absolute Gasteiger partial charge is 0.397 e. The van der Waals surface area contributed by atoms with E-state index in [1.54, 1.807) is 0 Å². The molecule has 0 saturated heterocycles. The van der Waals surface area contributed by atoms with Crippen molar-refractivity contribution in [3.8, 4) is 0 Å². The first-order chi connectivity index (χ1) is 8.85. The molecule has 1 N–H and O–H groups in total. The highest BCUT2D eigenvalue weighted by atomic mass is 32.3. The SMILES string of the molecule is CCOCCOCCOC(=O)CC(C)OS(=O)(=O)O. The fourth-order valence-electron chi connectivity index (χ4n) is 1.11. The first-order valence-corrected chi connectivity index (χ1v) is 7.18. The van der Waals surface area contributed by atoms with E-state index in [1.807, 2.05) is 6.92 Å². The zero-order valence-corrected chi connectivity index (χ0v) is 11.8. The van der Waals surface area contributed by atoms with Crippen LogP contribution in [0.5, 0.6) is 0 Å². The average molecular weight is 300 g/mol. The lowest BCUT2D eigenvalue weighted by Gasteiger charge is -2.10. The Bertz CT molecular complexity index is 339. The number of carbonyl (C=O) groups is 1. The Balaban J connectivity index is 3.54. The number of rotatable bonds is 11. The van der Waals surface area contributed by atoms with Crippen LogP contribution in [0.25, 0.3) is 0 Å². The van der Waals surface area contributed by atoms with Crippen molar-refractivity contribution in [2.45, 2.75) is 26.4 Å².